The fourth-order valence-corrected chi connectivity index (χ4v) is 3.17. The van der Waals surface area contributed by atoms with Gasteiger partial charge in [0.05, 0.1) is 0 Å². The number of hydrogen-bond donors (Lipinski definition) is 0. The standard InChI is InChI=1S/C14H20O/c1-9-4-6-12-10(2)5-7-13(11(3)15)14(12)8-9/h8,12-14H,2,4-7H2,1,3H3/t12-,13-,14+/m0/s1. The summed E-state index contributed by atoms with van der Waals surface area (Å²) in [7, 11) is 0. The first-order chi connectivity index (χ1) is 7.09. The Morgan fingerprint density at radius 2 is 2.13 bits per heavy atom. The number of Topliss-reactive ketones (excluding diaryl/α,β-unsaturated/α-hetero) is 1. The lowest BCUT2D eigenvalue weighted by atomic mass is 9.64. The minimum Gasteiger partial charge on any atom is -0.300 e. The first kappa shape index (κ1) is 10.7. The Balaban J connectivity index is 2.28. The van der Waals surface area contributed by atoms with Crippen molar-refractivity contribution in [3.63, 3.8) is 0 Å². The lowest BCUT2D eigenvalue weighted by molar-refractivity contribution is -0.123. The highest BCUT2D eigenvalue weighted by atomic mass is 16.1. The van der Waals surface area contributed by atoms with E-state index in [2.05, 4.69) is 19.6 Å². The van der Waals surface area contributed by atoms with Crippen LogP contribution in [0.2, 0.25) is 0 Å². The zero-order chi connectivity index (χ0) is 11.0. The van der Waals surface area contributed by atoms with Gasteiger partial charge in [0.25, 0.3) is 0 Å². The van der Waals surface area contributed by atoms with Crippen molar-refractivity contribution in [2.75, 3.05) is 0 Å². The van der Waals surface area contributed by atoms with Gasteiger partial charge in [0.15, 0.2) is 0 Å². The number of allylic oxidation sites excluding steroid dienone is 3. The Labute approximate surface area is 92.3 Å². The van der Waals surface area contributed by atoms with Crippen LogP contribution in [0.25, 0.3) is 0 Å². The maximum atomic E-state index is 11.6. The van der Waals surface area contributed by atoms with Crippen molar-refractivity contribution in [1.82, 2.24) is 0 Å². The van der Waals surface area contributed by atoms with E-state index in [1.165, 1.54) is 24.0 Å². The van der Waals surface area contributed by atoms with E-state index in [0.717, 1.165) is 12.8 Å². The number of carbonyl (C=O) groups is 1. The molecule has 2 aliphatic rings. The normalized spacial score (nSPS) is 35.7. The van der Waals surface area contributed by atoms with Crippen LogP contribution in [0.1, 0.15) is 39.5 Å². The molecular weight excluding hydrogens is 184 g/mol. The average molecular weight is 204 g/mol. The van der Waals surface area contributed by atoms with Crippen molar-refractivity contribution < 1.29 is 4.79 Å². The molecule has 1 saturated carbocycles. The summed E-state index contributed by atoms with van der Waals surface area (Å²) in [5.74, 6) is 1.66. The largest absolute Gasteiger partial charge is 0.300 e. The fraction of sp³-hybridized carbons (Fsp3) is 0.643. The van der Waals surface area contributed by atoms with Crippen LogP contribution in [0.5, 0.6) is 0 Å². The van der Waals surface area contributed by atoms with Crippen molar-refractivity contribution in [2.24, 2.45) is 17.8 Å². The summed E-state index contributed by atoms with van der Waals surface area (Å²) in [5.41, 5.74) is 2.83. The van der Waals surface area contributed by atoms with Crippen LogP contribution in [0.4, 0.5) is 0 Å². The third kappa shape index (κ3) is 1.92. The molecule has 0 aromatic rings. The smallest absolute Gasteiger partial charge is 0.133 e. The second-order valence-electron chi connectivity index (χ2n) is 5.15. The maximum Gasteiger partial charge on any atom is 0.133 e. The van der Waals surface area contributed by atoms with E-state index in [1.807, 2.05) is 0 Å². The van der Waals surface area contributed by atoms with Crippen LogP contribution in [-0.4, -0.2) is 5.78 Å². The van der Waals surface area contributed by atoms with Crippen molar-refractivity contribution in [3.8, 4) is 0 Å². The number of hydrogen-bond acceptors (Lipinski definition) is 1. The molecule has 82 valence electrons. The topological polar surface area (TPSA) is 17.1 Å². The first-order valence-electron chi connectivity index (χ1n) is 5.95. The van der Waals surface area contributed by atoms with E-state index in [0.29, 0.717) is 17.6 Å². The molecule has 1 nitrogen and oxygen atoms in total. The zero-order valence-corrected chi connectivity index (χ0v) is 9.75. The minimum absolute atomic E-state index is 0.260. The minimum atomic E-state index is 0.260. The molecule has 0 aromatic heterocycles. The Morgan fingerprint density at radius 3 is 2.80 bits per heavy atom. The molecule has 0 amide bonds. The maximum absolute atomic E-state index is 11.6. The van der Waals surface area contributed by atoms with Gasteiger partial charge in [-0.3, -0.25) is 4.79 Å². The van der Waals surface area contributed by atoms with Gasteiger partial charge in [0.2, 0.25) is 0 Å². The van der Waals surface area contributed by atoms with Crippen LogP contribution in [0.15, 0.2) is 23.8 Å². The van der Waals surface area contributed by atoms with Crippen molar-refractivity contribution in [1.29, 1.82) is 0 Å². The van der Waals surface area contributed by atoms with Gasteiger partial charge in [-0.1, -0.05) is 23.8 Å². The predicted molar refractivity (Wildman–Crippen MR) is 62.5 cm³/mol. The highest BCUT2D eigenvalue weighted by Gasteiger charge is 2.37. The van der Waals surface area contributed by atoms with E-state index < -0.39 is 0 Å². The molecule has 2 rings (SSSR count). The van der Waals surface area contributed by atoms with E-state index >= 15 is 0 Å². The summed E-state index contributed by atoms with van der Waals surface area (Å²) in [6, 6.07) is 0. The van der Waals surface area contributed by atoms with Crippen molar-refractivity contribution in [2.45, 2.75) is 39.5 Å². The van der Waals surface area contributed by atoms with Gasteiger partial charge in [-0.15, -0.1) is 0 Å². The van der Waals surface area contributed by atoms with Gasteiger partial charge in [-0.2, -0.15) is 0 Å². The van der Waals surface area contributed by atoms with E-state index in [-0.39, 0.29) is 5.92 Å². The third-order valence-corrected chi connectivity index (χ3v) is 4.08. The monoisotopic (exact) mass is 204 g/mol. The summed E-state index contributed by atoms with van der Waals surface area (Å²) in [5, 5.41) is 0. The van der Waals surface area contributed by atoms with Gasteiger partial charge in [0.1, 0.15) is 5.78 Å². The van der Waals surface area contributed by atoms with E-state index in [1.54, 1.807) is 6.92 Å². The van der Waals surface area contributed by atoms with Gasteiger partial charge in [0, 0.05) is 5.92 Å². The average Bonchev–Trinajstić information content (AvgIpc) is 2.17. The van der Waals surface area contributed by atoms with Gasteiger partial charge in [-0.05, 0) is 51.4 Å². The molecular formula is C14H20O. The molecule has 1 heteroatoms. The summed E-state index contributed by atoms with van der Waals surface area (Å²) < 4.78 is 0. The Bertz CT molecular complexity index is 324. The fourth-order valence-electron chi connectivity index (χ4n) is 3.17. The molecule has 0 heterocycles. The molecule has 0 unspecified atom stereocenters. The van der Waals surface area contributed by atoms with Crippen LogP contribution in [-0.2, 0) is 4.79 Å². The molecule has 15 heavy (non-hydrogen) atoms. The van der Waals surface area contributed by atoms with Crippen molar-refractivity contribution in [3.05, 3.63) is 23.8 Å². The third-order valence-electron chi connectivity index (χ3n) is 4.08. The Hall–Kier alpha value is -0.850. The lowest BCUT2D eigenvalue weighted by Gasteiger charge is -2.40. The molecule has 1 fully saturated rings. The molecule has 3 atom stereocenters. The number of ketones is 1. The Kier molecular flexibility index (Phi) is 2.81. The lowest BCUT2D eigenvalue weighted by Crippen LogP contribution is -2.34. The van der Waals surface area contributed by atoms with E-state index in [9.17, 15) is 4.79 Å². The van der Waals surface area contributed by atoms with Gasteiger partial charge >= 0.3 is 0 Å². The SMILES string of the molecule is C=C1CC[C@@H](C(C)=O)[C@@H]2C=C(C)CC[C@@H]12. The van der Waals surface area contributed by atoms with Crippen LogP contribution >= 0.6 is 0 Å². The van der Waals surface area contributed by atoms with Gasteiger partial charge in [-0.25, -0.2) is 0 Å². The quantitative estimate of drug-likeness (QED) is 0.597. The first-order valence-corrected chi connectivity index (χ1v) is 5.95. The number of rotatable bonds is 1. The molecule has 0 aromatic carbocycles. The second kappa shape index (κ2) is 3.96. The van der Waals surface area contributed by atoms with Crippen LogP contribution in [0.3, 0.4) is 0 Å². The molecule has 0 spiro atoms. The number of carbonyl (C=O) groups excluding carboxylic acids is 1. The summed E-state index contributed by atoms with van der Waals surface area (Å²) in [4.78, 5) is 11.6. The van der Waals surface area contributed by atoms with Crippen molar-refractivity contribution >= 4 is 5.78 Å². The molecule has 0 radical (unpaired) electrons. The molecule has 2 aliphatic carbocycles. The molecule has 0 saturated heterocycles. The highest BCUT2D eigenvalue weighted by molar-refractivity contribution is 5.79. The van der Waals surface area contributed by atoms with Gasteiger partial charge < -0.3 is 0 Å². The summed E-state index contributed by atoms with van der Waals surface area (Å²) in [6.07, 6.45) is 6.79. The predicted octanol–water partition coefficient (Wildman–Crippen LogP) is 3.51. The molecule has 0 aliphatic heterocycles. The van der Waals surface area contributed by atoms with E-state index in [4.69, 9.17) is 0 Å². The molecule has 0 N–H and O–H groups in total. The molecule has 0 bridgehead atoms. The number of fused-ring (bicyclic) bond motifs is 1. The van der Waals surface area contributed by atoms with Crippen LogP contribution in [0, 0.1) is 17.8 Å². The highest BCUT2D eigenvalue weighted by Crippen LogP contribution is 2.44. The summed E-state index contributed by atoms with van der Waals surface area (Å²) >= 11 is 0. The van der Waals surface area contributed by atoms with Crippen LogP contribution < -0.4 is 0 Å². The zero-order valence-electron chi connectivity index (χ0n) is 9.75. The second-order valence-corrected chi connectivity index (χ2v) is 5.15. The Morgan fingerprint density at radius 1 is 1.40 bits per heavy atom. The summed E-state index contributed by atoms with van der Waals surface area (Å²) in [6.45, 7) is 8.11.